The Morgan fingerprint density at radius 2 is 2.08 bits per heavy atom. The fraction of sp³-hybridized carbons (Fsp3) is 0.176. The number of thiophene rings is 1. The minimum Gasteiger partial charge on any atom is -0.452 e. The summed E-state index contributed by atoms with van der Waals surface area (Å²) >= 11 is 13.4. The first-order valence-electron chi connectivity index (χ1n) is 7.00. The number of hydrogen-bond acceptors (Lipinski definition) is 4. The molecular formula is C17H15Cl2NO3S. The van der Waals surface area contributed by atoms with Crippen LogP contribution in [0, 0.1) is 0 Å². The second-order valence-electron chi connectivity index (χ2n) is 4.99. The quantitative estimate of drug-likeness (QED) is 0.552. The summed E-state index contributed by atoms with van der Waals surface area (Å²) in [5.74, 6) is -0.884. The van der Waals surface area contributed by atoms with E-state index in [1.807, 2.05) is 16.8 Å². The van der Waals surface area contributed by atoms with E-state index in [0.29, 0.717) is 22.2 Å². The number of carbonyl (C=O) groups excluding carboxylic acids is 2. The molecule has 1 heterocycles. The molecule has 126 valence electrons. The summed E-state index contributed by atoms with van der Waals surface area (Å²) in [4.78, 5) is 25.1. The molecule has 0 atom stereocenters. The van der Waals surface area contributed by atoms with Crippen molar-refractivity contribution in [3.8, 4) is 0 Å². The Morgan fingerprint density at radius 1 is 1.29 bits per heavy atom. The molecular weight excluding hydrogens is 369 g/mol. The van der Waals surface area contributed by atoms with E-state index in [1.54, 1.807) is 36.6 Å². The molecule has 2 rings (SSSR count). The Labute approximate surface area is 154 Å². The summed E-state index contributed by atoms with van der Waals surface area (Å²) in [6, 6.07) is 6.88. The summed E-state index contributed by atoms with van der Waals surface area (Å²) in [5, 5.41) is 4.85. The van der Waals surface area contributed by atoms with Crippen molar-refractivity contribution >= 4 is 52.5 Å². The van der Waals surface area contributed by atoms with Gasteiger partial charge in [-0.1, -0.05) is 29.3 Å². The van der Waals surface area contributed by atoms with Crippen molar-refractivity contribution in [3.05, 3.63) is 62.3 Å². The van der Waals surface area contributed by atoms with E-state index in [0.717, 1.165) is 5.56 Å². The van der Waals surface area contributed by atoms with Crippen molar-refractivity contribution in [1.82, 2.24) is 4.90 Å². The van der Waals surface area contributed by atoms with Crippen LogP contribution in [0.2, 0.25) is 10.0 Å². The van der Waals surface area contributed by atoms with E-state index >= 15 is 0 Å². The molecule has 0 saturated heterocycles. The molecule has 1 aromatic heterocycles. The van der Waals surface area contributed by atoms with Gasteiger partial charge in [0.15, 0.2) is 6.61 Å². The van der Waals surface area contributed by atoms with Crippen LogP contribution in [-0.2, 0) is 20.9 Å². The van der Waals surface area contributed by atoms with Gasteiger partial charge in [-0.15, -0.1) is 0 Å². The monoisotopic (exact) mass is 383 g/mol. The molecule has 24 heavy (non-hydrogen) atoms. The number of hydrogen-bond donors (Lipinski definition) is 0. The van der Waals surface area contributed by atoms with E-state index in [1.165, 1.54) is 17.1 Å². The van der Waals surface area contributed by atoms with Gasteiger partial charge in [0.2, 0.25) is 0 Å². The van der Waals surface area contributed by atoms with E-state index in [9.17, 15) is 9.59 Å². The number of benzene rings is 1. The predicted molar refractivity (Wildman–Crippen MR) is 97.2 cm³/mol. The summed E-state index contributed by atoms with van der Waals surface area (Å²) in [6.45, 7) is 0.175. The maximum atomic E-state index is 11.9. The SMILES string of the molecule is CN(Cc1ccsc1)C(=O)COC(=O)/C=C/c1ccc(Cl)cc1Cl. The topological polar surface area (TPSA) is 46.6 Å². The molecule has 0 aliphatic carbocycles. The maximum absolute atomic E-state index is 11.9. The van der Waals surface area contributed by atoms with Crippen LogP contribution in [0.25, 0.3) is 6.08 Å². The van der Waals surface area contributed by atoms with E-state index in [-0.39, 0.29) is 12.5 Å². The summed E-state index contributed by atoms with van der Waals surface area (Å²) in [5.41, 5.74) is 1.68. The molecule has 0 N–H and O–H groups in total. The zero-order valence-corrected chi connectivity index (χ0v) is 15.2. The van der Waals surface area contributed by atoms with Crippen molar-refractivity contribution < 1.29 is 14.3 Å². The molecule has 1 aromatic carbocycles. The Balaban J connectivity index is 1.81. The van der Waals surface area contributed by atoms with Gasteiger partial charge in [-0.05, 0) is 46.2 Å². The van der Waals surface area contributed by atoms with Crippen LogP contribution in [0.15, 0.2) is 41.1 Å². The predicted octanol–water partition coefficient (Wildman–Crippen LogP) is 4.27. The van der Waals surface area contributed by atoms with Gasteiger partial charge in [0, 0.05) is 29.7 Å². The number of ether oxygens (including phenoxy) is 1. The molecule has 0 spiro atoms. The van der Waals surface area contributed by atoms with Crippen LogP contribution < -0.4 is 0 Å². The fourth-order valence-electron chi connectivity index (χ4n) is 1.83. The molecule has 0 aliphatic rings. The molecule has 0 bridgehead atoms. The maximum Gasteiger partial charge on any atom is 0.331 e. The van der Waals surface area contributed by atoms with Crippen LogP contribution in [-0.4, -0.2) is 30.4 Å². The van der Waals surface area contributed by atoms with Crippen molar-refractivity contribution in [1.29, 1.82) is 0 Å². The number of esters is 1. The molecule has 7 heteroatoms. The van der Waals surface area contributed by atoms with Crippen LogP contribution in [0.4, 0.5) is 0 Å². The minimum absolute atomic E-state index is 0.271. The third kappa shape index (κ3) is 5.67. The lowest BCUT2D eigenvalue weighted by Gasteiger charge is -2.15. The second kappa shape index (κ2) is 8.87. The highest BCUT2D eigenvalue weighted by atomic mass is 35.5. The number of likely N-dealkylation sites (N-methyl/N-ethyl adjacent to an activating group) is 1. The largest absolute Gasteiger partial charge is 0.452 e. The molecule has 0 unspecified atom stereocenters. The number of nitrogens with zero attached hydrogens (tertiary/aromatic N) is 1. The summed E-state index contributed by atoms with van der Waals surface area (Å²) < 4.78 is 4.95. The third-order valence-electron chi connectivity index (χ3n) is 3.12. The van der Waals surface area contributed by atoms with Gasteiger partial charge in [-0.25, -0.2) is 4.79 Å². The Hall–Kier alpha value is -1.82. The zero-order chi connectivity index (χ0) is 17.5. The van der Waals surface area contributed by atoms with E-state index in [2.05, 4.69) is 0 Å². The van der Waals surface area contributed by atoms with Gasteiger partial charge in [0.1, 0.15) is 0 Å². The minimum atomic E-state index is -0.613. The highest BCUT2D eigenvalue weighted by Crippen LogP contribution is 2.21. The average Bonchev–Trinajstić information content (AvgIpc) is 3.04. The van der Waals surface area contributed by atoms with E-state index < -0.39 is 5.97 Å². The fourth-order valence-corrected chi connectivity index (χ4v) is 2.96. The lowest BCUT2D eigenvalue weighted by molar-refractivity contribution is -0.147. The Kier molecular flexibility index (Phi) is 6.85. The van der Waals surface area contributed by atoms with Gasteiger partial charge in [0.25, 0.3) is 5.91 Å². The Bertz CT molecular complexity index is 744. The van der Waals surface area contributed by atoms with Gasteiger partial charge < -0.3 is 9.64 Å². The number of amides is 1. The van der Waals surface area contributed by atoms with E-state index in [4.69, 9.17) is 27.9 Å². The zero-order valence-electron chi connectivity index (χ0n) is 12.9. The summed E-state index contributed by atoms with van der Waals surface area (Å²) in [7, 11) is 1.66. The molecule has 1 amide bonds. The smallest absolute Gasteiger partial charge is 0.331 e. The van der Waals surface area contributed by atoms with Gasteiger partial charge in [-0.2, -0.15) is 11.3 Å². The van der Waals surface area contributed by atoms with Crippen molar-refractivity contribution in [3.63, 3.8) is 0 Å². The van der Waals surface area contributed by atoms with Crippen LogP contribution in [0.3, 0.4) is 0 Å². The lowest BCUT2D eigenvalue weighted by Crippen LogP contribution is -2.30. The highest BCUT2D eigenvalue weighted by Gasteiger charge is 2.11. The highest BCUT2D eigenvalue weighted by molar-refractivity contribution is 7.07. The van der Waals surface area contributed by atoms with Crippen molar-refractivity contribution in [2.24, 2.45) is 0 Å². The summed E-state index contributed by atoms with van der Waals surface area (Å²) in [6.07, 6.45) is 2.74. The van der Waals surface area contributed by atoms with Gasteiger partial charge in [-0.3, -0.25) is 4.79 Å². The normalized spacial score (nSPS) is 10.8. The molecule has 0 fully saturated rings. The first-order valence-corrected chi connectivity index (χ1v) is 8.70. The Morgan fingerprint density at radius 3 is 2.75 bits per heavy atom. The number of rotatable bonds is 6. The molecule has 4 nitrogen and oxygen atoms in total. The van der Waals surface area contributed by atoms with Crippen LogP contribution in [0.1, 0.15) is 11.1 Å². The molecule has 0 radical (unpaired) electrons. The molecule has 0 aliphatic heterocycles. The van der Waals surface area contributed by atoms with Crippen molar-refractivity contribution in [2.75, 3.05) is 13.7 Å². The van der Waals surface area contributed by atoms with Crippen LogP contribution in [0.5, 0.6) is 0 Å². The third-order valence-corrected chi connectivity index (χ3v) is 4.42. The standard InChI is InChI=1S/C17H15Cl2NO3S/c1-20(9-12-6-7-24-11-12)16(21)10-23-17(22)5-3-13-2-4-14(18)8-15(13)19/h2-8,11H,9-10H2,1H3/b5-3+. The van der Waals surface area contributed by atoms with Crippen molar-refractivity contribution in [2.45, 2.75) is 6.54 Å². The first kappa shape index (κ1) is 18.5. The second-order valence-corrected chi connectivity index (χ2v) is 6.61. The van der Waals surface area contributed by atoms with Gasteiger partial charge in [0.05, 0.1) is 0 Å². The molecule has 2 aromatic rings. The van der Waals surface area contributed by atoms with Crippen LogP contribution >= 0.6 is 34.5 Å². The van der Waals surface area contributed by atoms with Gasteiger partial charge >= 0.3 is 5.97 Å². The average molecular weight is 384 g/mol. The first-order chi connectivity index (χ1) is 11.5. The number of carbonyl (C=O) groups is 2. The number of halogens is 2. The molecule has 0 saturated carbocycles. The lowest BCUT2D eigenvalue weighted by atomic mass is 10.2.